The number of hydrazine groups is 1. The van der Waals surface area contributed by atoms with Crippen LogP contribution in [0.1, 0.15) is 43.8 Å². The SMILES string of the molecule is C[C@@H]1CCc2sc(C(=O)NNC(=O)c3cn[nH]c3-c3ccccc3)cc2C1. The molecule has 1 aliphatic rings. The Labute approximate surface area is 161 Å². The van der Waals surface area contributed by atoms with Crippen molar-refractivity contribution < 1.29 is 9.59 Å². The molecule has 138 valence electrons. The lowest BCUT2D eigenvalue weighted by Crippen LogP contribution is -2.41. The molecule has 1 aromatic carbocycles. The number of hydrogen-bond donors (Lipinski definition) is 3. The minimum atomic E-state index is -0.411. The number of aromatic nitrogens is 2. The van der Waals surface area contributed by atoms with Crippen LogP contribution in [-0.4, -0.2) is 22.0 Å². The van der Waals surface area contributed by atoms with E-state index in [0.29, 0.717) is 22.1 Å². The van der Waals surface area contributed by atoms with Crippen molar-refractivity contribution in [3.63, 3.8) is 0 Å². The second-order valence-corrected chi connectivity index (χ2v) is 7.98. The monoisotopic (exact) mass is 380 g/mol. The standard InChI is InChI=1S/C20H20N4O2S/c1-12-7-8-16-14(9-12)10-17(27-16)20(26)24-23-19(25)15-11-21-22-18(15)13-5-3-2-4-6-13/h2-6,10-12H,7-9H2,1H3,(H,21,22)(H,23,25)(H,24,26)/t12-/m1/s1. The van der Waals surface area contributed by atoms with E-state index in [4.69, 9.17) is 0 Å². The van der Waals surface area contributed by atoms with Gasteiger partial charge >= 0.3 is 0 Å². The van der Waals surface area contributed by atoms with Gasteiger partial charge in [-0.3, -0.25) is 25.5 Å². The van der Waals surface area contributed by atoms with Crippen molar-refractivity contribution in [2.75, 3.05) is 0 Å². The van der Waals surface area contributed by atoms with Gasteiger partial charge in [0.1, 0.15) is 0 Å². The molecule has 0 unspecified atom stereocenters. The summed E-state index contributed by atoms with van der Waals surface area (Å²) in [6.45, 7) is 2.23. The summed E-state index contributed by atoms with van der Waals surface area (Å²) < 4.78 is 0. The summed E-state index contributed by atoms with van der Waals surface area (Å²) in [5, 5.41) is 6.80. The molecule has 0 saturated heterocycles. The fourth-order valence-corrected chi connectivity index (χ4v) is 4.45. The fourth-order valence-electron chi connectivity index (χ4n) is 3.34. The highest BCUT2D eigenvalue weighted by atomic mass is 32.1. The van der Waals surface area contributed by atoms with Crippen molar-refractivity contribution in [3.8, 4) is 11.3 Å². The summed E-state index contributed by atoms with van der Waals surface area (Å²) in [6, 6.07) is 11.4. The van der Waals surface area contributed by atoms with E-state index in [2.05, 4.69) is 28.0 Å². The lowest BCUT2D eigenvalue weighted by molar-refractivity contribution is 0.0849. The van der Waals surface area contributed by atoms with Crippen molar-refractivity contribution >= 4 is 23.2 Å². The largest absolute Gasteiger partial charge is 0.279 e. The minimum absolute atomic E-state index is 0.292. The van der Waals surface area contributed by atoms with Gasteiger partial charge in [0.25, 0.3) is 11.8 Å². The number of aromatic amines is 1. The summed E-state index contributed by atoms with van der Waals surface area (Å²) in [5.41, 5.74) is 8.11. The number of carbonyl (C=O) groups is 2. The van der Waals surface area contributed by atoms with Gasteiger partial charge in [-0.15, -0.1) is 11.3 Å². The van der Waals surface area contributed by atoms with Crippen molar-refractivity contribution in [2.24, 2.45) is 5.92 Å². The van der Waals surface area contributed by atoms with Crippen LogP contribution < -0.4 is 10.9 Å². The molecule has 3 aromatic rings. The highest BCUT2D eigenvalue weighted by molar-refractivity contribution is 7.14. The van der Waals surface area contributed by atoms with E-state index in [9.17, 15) is 9.59 Å². The lowest BCUT2D eigenvalue weighted by atomic mass is 9.90. The van der Waals surface area contributed by atoms with Crippen molar-refractivity contribution in [1.82, 2.24) is 21.0 Å². The van der Waals surface area contributed by atoms with Crippen LogP contribution in [0.5, 0.6) is 0 Å². The maximum Gasteiger partial charge on any atom is 0.279 e. The molecule has 27 heavy (non-hydrogen) atoms. The average molecular weight is 380 g/mol. The van der Waals surface area contributed by atoms with Gasteiger partial charge in [-0.25, -0.2) is 0 Å². The Morgan fingerprint density at radius 2 is 1.96 bits per heavy atom. The third-order valence-corrected chi connectivity index (χ3v) is 6.02. The Kier molecular flexibility index (Phi) is 4.77. The Balaban J connectivity index is 1.43. The minimum Gasteiger partial charge on any atom is -0.277 e. The second kappa shape index (κ2) is 7.36. The molecule has 7 heteroatoms. The van der Waals surface area contributed by atoms with Crippen molar-refractivity contribution in [1.29, 1.82) is 0 Å². The number of rotatable bonds is 3. The molecule has 1 atom stereocenters. The zero-order valence-corrected chi connectivity index (χ0v) is 15.7. The van der Waals surface area contributed by atoms with Crippen LogP contribution in [0.2, 0.25) is 0 Å². The molecule has 0 aliphatic heterocycles. The van der Waals surface area contributed by atoms with Gasteiger partial charge in [-0.05, 0) is 36.8 Å². The first-order chi connectivity index (χ1) is 13.1. The van der Waals surface area contributed by atoms with Crippen LogP contribution in [0, 0.1) is 5.92 Å². The Bertz CT molecular complexity index is 977. The third-order valence-electron chi connectivity index (χ3n) is 4.79. The number of benzene rings is 1. The number of aryl methyl sites for hydroxylation is 1. The molecule has 0 saturated carbocycles. The van der Waals surface area contributed by atoms with Crippen LogP contribution in [0.15, 0.2) is 42.6 Å². The Morgan fingerprint density at radius 1 is 1.19 bits per heavy atom. The highest BCUT2D eigenvalue weighted by Crippen LogP contribution is 2.32. The number of hydrogen-bond acceptors (Lipinski definition) is 4. The van der Waals surface area contributed by atoms with Crippen LogP contribution >= 0.6 is 11.3 Å². The van der Waals surface area contributed by atoms with E-state index in [0.717, 1.165) is 24.8 Å². The van der Waals surface area contributed by atoms with Gasteiger partial charge in [-0.1, -0.05) is 37.3 Å². The van der Waals surface area contributed by atoms with Crippen LogP contribution in [0.25, 0.3) is 11.3 Å². The predicted molar refractivity (Wildman–Crippen MR) is 104 cm³/mol. The zero-order valence-electron chi connectivity index (χ0n) is 14.9. The molecule has 0 bridgehead atoms. The summed E-state index contributed by atoms with van der Waals surface area (Å²) in [4.78, 5) is 26.8. The molecule has 2 amide bonds. The molecular weight excluding hydrogens is 360 g/mol. The molecule has 2 aromatic heterocycles. The maximum absolute atomic E-state index is 12.5. The quantitative estimate of drug-likeness (QED) is 0.609. The summed E-state index contributed by atoms with van der Waals surface area (Å²) in [7, 11) is 0. The molecule has 4 rings (SSSR count). The summed E-state index contributed by atoms with van der Waals surface area (Å²) >= 11 is 1.51. The number of nitrogens with one attached hydrogen (secondary N) is 3. The molecular formula is C20H20N4O2S. The Morgan fingerprint density at radius 3 is 2.78 bits per heavy atom. The highest BCUT2D eigenvalue weighted by Gasteiger charge is 2.21. The van der Waals surface area contributed by atoms with Gasteiger partial charge in [0.05, 0.1) is 22.3 Å². The number of thiophene rings is 1. The first kappa shape index (κ1) is 17.5. The maximum atomic E-state index is 12.5. The topological polar surface area (TPSA) is 86.9 Å². The van der Waals surface area contributed by atoms with E-state index >= 15 is 0 Å². The van der Waals surface area contributed by atoms with Crippen molar-refractivity contribution in [2.45, 2.75) is 26.2 Å². The first-order valence-electron chi connectivity index (χ1n) is 8.93. The average Bonchev–Trinajstić information content (AvgIpc) is 3.33. The van der Waals surface area contributed by atoms with Gasteiger partial charge in [-0.2, -0.15) is 5.10 Å². The molecule has 0 spiro atoms. The van der Waals surface area contributed by atoms with Gasteiger partial charge < -0.3 is 0 Å². The molecule has 1 aliphatic carbocycles. The second-order valence-electron chi connectivity index (χ2n) is 6.84. The molecule has 3 N–H and O–H groups in total. The summed E-state index contributed by atoms with van der Waals surface area (Å²) in [6.07, 6.45) is 4.65. The predicted octanol–water partition coefficient (Wildman–Crippen LogP) is 3.34. The fraction of sp³-hybridized carbons (Fsp3) is 0.250. The number of nitrogens with zero attached hydrogens (tertiary/aromatic N) is 1. The first-order valence-corrected chi connectivity index (χ1v) is 9.74. The van der Waals surface area contributed by atoms with E-state index in [1.54, 1.807) is 0 Å². The third kappa shape index (κ3) is 3.64. The van der Waals surface area contributed by atoms with Crippen LogP contribution in [0.3, 0.4) is 0 Å². The van der Waals surface area contributed by atoms with Gasteiger partial charge in [0.2, 0.25) is 0 Å². The number of amides is 2. The summed E-state index contributed by atoms with van der Waals surface area (Å²) in [5.74, 6) is -0.0498. The van der Waals surface area contributed by atoms with Gasteiger partial charge in [0, 0.05) is 10.4 Å². The van der Waals surface area contributed by atoms with Crippen LogP contribution in [-0.2, 0) is 12.8 Å². The van der Waals surface area contributed by atoms with E-state index < -0.39 is 5.91 Å². The zero-order chi connectivity index (χ0) is 18.8. The molecule has 0 fully saturated rings. The normalized spacial score (nSPS) is 15.8. The van der Waals surface area contributed by atoms with Crippen LogP contribution in [0.4, 0.5) is 0 Å². The smallest absolute Gasteiger partial charge is 0.277 e. The van der Waals surface area contributed by atoms with E-state index in [1.165, 1.54) is 28.0 Å². The van der Waals surface area contributed by atoms with E-state index in [1.807, 2.05) is 36.4 Å². The molecule has 0 radical (unpaired) electrons. The van der Waals surface area contributed by atoms with E-state index in [-0.39, 0.29) is 5.91 Å². The number of fused-ring (bicyclic) bond motifs is 1. The van der Waals surface area contributed by atoms with Crippen molar-refractivity contribution in [3.05, 3.63) is 63.5 Å². The molecule has 6 nitrogen and oxygen atoms in total. The number of carbonyl (C=O) groups excluding carboxylic acids is 2. The Hall–Kier alpha value is -2.93. The lowest BCUT2D eigenvalue weighted by Gasteiger charge is -2.16. The molecule has 2 heterocycles. The van der Waals surface area contributed by atoms with Gasteiger partial charge in [0.15, 0.2) is 0 Å². The number of H-pyrrole nitrogens is 1.